The number of anilines is 2. The molecular weight excluding hydrogens is 741 g/mol. The van der Waals surface area contributed by atoms with Crippen molar-refractivity contribution in [1.82, 2.24) is 40.4 Å². The van der Waals surface area contributed by atoms with E-state index in [2.05, 4.69) is 67.7 Å². The molecule has 0 aliphatic carbocycles. The highest BCUT2D eigenvalue weighted by Gasteiger charge is 2.19. The van der Waals surface area contributed by atoms with Crippen LogP contribution in [0.4, 0.5) is 21.0 Å². The van der Waals surface area contributed by atoms with Gasteiger partial charge in [-0.2, -0.15) is 0 Å². The highest BCUT2D eigenvalue weighted by molar-refractivity contribution is 5.93. The van der Waals surface area contributed by atoms with Gasteiger partial charge in [0.1, 0.15) is 24.7 Å². The number of nitrogens with zero attached hydrogens (tertiary/aromatic N) is 4. The second-order valence-corrected chi connectivity index (χ2v) is 12.8. The summed E-state index contributed by atoms with van der Waals surface area (Å²) in [4.78, 5) is 66.8. The Labute approximate surface area is 343 Å². The zero-order valence-electron chi connectivity index (χ0n) is 36.1. The molecule has 0 unspecified atom stereocenters. The minimum atomic E-state index is -0.677. The van der Waals surface area contributed by atoms with Crippen LogP contribution in [0.3, 0.4) is 0 Å². The highest BCUT2D eigenvalue weighted by atomic mass is 16.5. The molecule has 0 saturated heterocycles. The molecule has 8 N–H and O–H groups in total. The highest BCUT2D eigenvalue weighted by Crippen LogP contribution is 2.37. The normalized spacial score (nSPS) is 9.97. The van der Waals surface area contributed by atoms with E-state index in [0.717, 1.165) is 35.2 Å². The fraction of sp³-hybridized carbons (Fsp3) is 0.476. The van der Waals surface area contributed by atoms with E-state index in [-0.39, 0.29) is 38.0 Å². The van der Waals surface area contributed by atoms with Crippen molar-refractivity contribution in [3.8, 4) is 33.6 Å². The van der Waals surface area contributed by atoms with E-state index in [1.165, 1.54) is 27.1 Å². The second kappa shape index (κ2) is 27.5. The van der Waals surface area contributed by atoms with Crippen LogP contribution in [0.25, 0.3) is 33.6 Å². The fourth-order valence-corrected chi connectivity index (χ4v) is 5.27. The average Bonchev–Trinajstić information content (AvgIpc) is 3.91. The van der Waals surface area contributed by atoms with Gasteiger partial charge in [0, 0.05) is 24.2 Å². The first-order valence-corrected chi connectivity index (χ1v) is 20.0. The molecule has 0 aliphatic heterocycles. The zero-order valence-corrected chi connectivity index (χ0v) is 36.1. The van der Waals surface area contributed by atoms with Crippen molar-refractivity contribution in [3.05, 3.63) is 60.4 Å². The van der Waals surface area contributed by atoms with Crippen molar-refractivity contribution in [2.75, 3.05) is 51.9 Å². The van der Waals surface area contributed by atoms with Crippen molar-refractivity contribution in [2.45, 2.75) is 94.2 Å². The molecule has 0 saturated carbocycles. The summed E-state index contributed by atoms with van der Waals surface area (Å²) in [6, 6.07) is 11.5. The molecule has 16 heteroatoms. The van der Waals surface area contributed by atoms with Gasteiger partial charge in [0.15, 0.2) is 0 Å². The number of nitrogens with two attached hydrogens (primary N) is 2. The van der Waals surface area contributed by atoms with Crippen molar-refractivity contribution in [1.29, 1.82) is 0 Å². The lowest BCUT2D eigenvalue weighted by atomic mass is 9.97. The van der Waals surface area contributed by atoms with Crippen LogP contribution in [-0.2, 0) is 32.2 Å². The van der Waals surface area contributed by atoms with E-state index in [0.29, 0.717) is 47.4 Å². The number of H-pyrrole nitrogens is 2. The van der Waals surface area contributed by atoms with E-state index in [1.54, 1.807) is 22.2 Å². The van der Waals surface area contributed by atoms with Gasteiger partial charge in [0.05, 0.1) is 62.5 Å². The van der Waals surface area contributed by atoms with Crippen LogP contribution in [0, 0.1) is 0 Å². The molecular formula is C42H66N10O6. The predicted octanol–water partition coefficient (Wildman–Crippen LogP) is 7.35. The summed E-state index contributed by atoms with van der Waals surface area (Å²) >= 11 is 0. The third kappa shape index (κ3) is 15.8. The first-order valence-electron chi connectivity index (χ1n) is 20.0. The molecule has 0 atom stereocenters. The number of alkyl carbamates (subject to hydrolysis) is 2. The summed E-state index contributed by atoms with van der Waals surface area (Å²) in [5, 5.41) is 4.83. The molecule has 16 nitrogen and oxygen atoms in total. The topological polar surface area (TPSA) is 227 Å². The number of aromatic nitrogens is 4. The van der Waals surface area contributed by atoms with Gasteiger partial charge in [-0.15, -0.1) is 0 Å². The minimum absolute atomic E-state index is 0.168. The lowest BCUT2D eigenvalue weighted by molar-refractivity contribution is -0.131. The Hall–Kier alpha value is -6.06. The number of carbonyl (C=O) groups is 4. The maximum Gasteiger partial charge on any atom is 0.407 e. The van der Waals surface area contributed by atoms with Gasteiger partial charge in [0.25, 0.3) is 0 Å². The molecule has 0 fully saturated rings. The first kappa shape index (κ1) is 50.0. The molecule has 0 aliphatic rings. The van der Waals surface area contributed by atoms with Crippen molar-refractivity contribution < 1.29 is 28.7 Å². The van der Waals surface area contributed by atoms with E-state index in [1.807, 2.05) is 64.1 Å². The Kier molecular flexibility index (Phi) is 23.7. The van der Waals surface area contributed by atoms with Gasteiger partial charge >= 0.3 is 12.2 Å². The summed E-state index contributed by atoms with van der Waals surface area (Å²) in [6.07, 6.45) is 5.98. The molecule has 0 radical (unpaired) electrons. The van der Waals surface area contributed by atoms with Crippen LogP contribution in [0.1, 0.15) is 92.7 Å². The van der Waals surface area contributed by atoms with Crippen molar-refractivity contribution in [3.63, 3.8) is 0 Å². The maximum atomic E-state index is 12.7. The van der Waals surface area contributed by atoms with Crippen LogP contribution in [-0.4, -0.2) is 94.1 Å². The van der Waals surface area contributed by atoms with Gasteiger partial charge in [0.2, 0.25) is 11.8 Å². The number of hydrogen-bond donors (Lipinski definition) is 6. The smallest absolute Gasteiger partial charge is 0.407 e. The van der Waals surface area contributed by atoms with E-state index < -0.39 is 12.2 Å². The van der Waals surface area contributed by atoms with Gasteiger partial charge in [-0.1, -0.05) is 98.6 Å². The zero-order chi connectivity index (χ0) is 43.6. The standard InChI is InChI=1S/C34H44N10O6.2C3H8.C2H6/c1-5-13-43(29(45)17-39-33(47)49-3)19-27-37-15-25(41-27)22-9-7-21(8-10-22)23-11-12-24(32(36)31(23)35)26-16-38-28(42-26)20-44(14-6-2)30(46)18-40-34(48)50-4;2*1-3-2;1-2/h7-12,15-16H,5-6,13-14,17-20,35-36H2,1-4H3,(H,37,41)(H,38,42)(H,39,47)(H,40,48);2*3H2,1-2H3;1-2H3. The monoisotopic (exact) mass is 807 g/mol. The number of aromatic amines is 2. The quantitative estimate of drug-likeness (QED) is 0.0655. The number of hydrogen-bond acceptors (Lipinski definition) is 10. The Bertz CT molecular complexity index is 1820. The van der Waals surface area contributed by atoms with E-state index in [4.69, 9.17) is 11.5 Å². The number of amides is 4. The summed E-state index contributed by atoms with van der Waals surface area (Å²) in [5.74, 6) is 0.657. The molecule has 320 valence electrons. The van der Waals surface area contributed by atoms with E-state index in [9.17, 15) is 19.2 Å². The Morgan fingerprint density at radius 2 is 1.00 bits per heavy atom. The number of carbonyl (C=O) groups excluding carboxylic acids is 4. The number of nitrogen functional groups attached to an aromatic ring is 2. The number of methoxy groups -OCH3 is 2. The second-order valence-electron chi connectivity index (χ2n) is 12.8. The average molecular weight is 807 g/mol. The van der Waals surface area contributed by atoms with Crippen LogP contribution in [0.2, 0.25) is 0 Å². The third-order valence-corrected chi connectivity index (χ3v) is 7.85. The summed E-state index contributed by atoms with van der Waals surface area (Å²) in [6.45, 7) is 17.5. The summed E-state index contributed by atoms with van der Waals surface area (Å²) in [5.41, 5.74) is 18.5. The van der Waals surface area contributed by atoms with E-state index >= 15 is 0 Å². The number of imidazole rings is 2. The first-order chi connectivity index (χ1) is 27.9. The van der Waals surface area contributed by atoms with Gasteiger partial charge in [-0.05, 0) is 30.0 Å². The van der Waals surface area contributed by atoms with Crippen LogP contribution >= 0.6 is 0 Å². The Balaban J connectivity index is 0.00000195. The lowest BCUT2D eigenvalue weighted by Gasteiger charge is -2.21. The maximum absolute atomic E-state index is 12.7. The van der Waals surface area contributed by atoms with Crippen LogP contribution in [0.5, 0.6) is 0 Å². The predicted molar refractivity (Wildman–Crippen MR) is 231 cm³/mol. The molecule has 0 spiro atoms. The minimum Gasteiger partial charge on any atom is -0.453 e. The van der Waals surface area contributed by atoms with Crippen LogP contribution in [0.15, 0.2) is 48.8 Å². The van der Waals surface area contributed by atoms with Gasteiger partial charge in [-0.25, -0.2) is 19.6 Å². The van der Waals surface area contributed by atoms with Gasteiger partial charge in [-0.3, -0.25) is 9.59 Å². The molecule has 4 rings (SSSR count). The lowest BCUT2D eigenvalue weighted by Crippen LogP contribution is -2.40. The number of benzene rings is 2. The summed E-state index contributed by atoms with van der Waals surface area (Å²) < 4.78 is 9.09. The molecule has 2 aromatic carbocycles. The largest absolute Gasteiger partial charge is 0.453 e. The molecule has 0 bridgehead atoms. The fourth-order valence-electron chi connectivity index (χ4n) is 5.27. The SMILES string of the molecule is CC.CCC.CCC.CCCN(Cc1ncc(-c2ccc(-c3ccc(-c4cnc(CN(CCC)C(=O)CNC(=O)OC)[nH]4)c(N)c3N)cc2)[nH]1)C(=O)CNC(=O)OC. The van der Waals surface area contributed by atoms with Gasteiger partial charge < -0.3 is 51.3 Å². The number of ether oxygens (including phenoxy) is 2. The van der Waals surface area contributed by atoms with Crippen molar-refractivity contribution in [2.24, 2.45) is 0 Å². The Morgan fingerprint density at radius 3 is 1.43 bits per heavy atom. The molecule has 58 heavy (non-hydrogen) atoms. The van der Waals surface area contributed by atoms with Crippen molar-refractivity contribution >= 4 is 35.4 Å². The van der Waals surface area contributed by atoms with Crippen LogP contribution < -0.4 is 22.1 Å². The Morgan fingerprint density at radius 1 is 0.621 bits per heavy atom. The third-order valence-electron chi connectivity index (χ3n) is 7.85. The number of nitrogens with one attached hydrogen (secondary N) is 4. The number of rotatable bonds is 15. The molecule has 2 heterocycles. The molecule has 2 aromatic heterocycles. The molecule has 4 aromatic rings. The summed E-state index contributed by atoms with van der Waals surface area (Å²) in [7, 11) is 2.48. The molecule has 4 amide bonds.